The highest BCUT2D eigenvalue weighted by Crippen LogP contribution is 2.47. The summed E-state index contributed by atoms with van der Waals surface area (Å²) in [4.78, 5) is 2.38. The minimum atomic E-state index is 0.857. The van der Waals surface area contributed by atoms with Crippen molar-refractivity contribution in [2.75, 3.05) is 4.90 Å². The fourth-order valence-corrected chi connectivity index (χ4v) is 8.98. The molecule has 292 valence electrons. The van der Waals surface area contributed by atoms with Crippen LogP contribution in [0.1, 0.15) is 0 Å². The van der Waals surface area contributed by atoms with E-state index in [0.29, 0.717) is 0 Å². The lowest BCUT2D eigenvalue weighted by Crippen LogP contribution is -2.10. The molecule has 0 aliphatic heterocycles. The van der Waals surface area contributed by atoms with Crippen LogP contribution in [0.3, 0.4) is 0 Å². The van der Waals surface area contributed by atoms with Crippen LogP contribution in [-0.4, -0.2) is 0 Å². The number of hydrogen-bond acceptors (Lipinski definition) is 2. The van der Waals surface area contributed by atoms with Crippen LogP contribution in [0, 0.1) is 0 Å². The molecule has 0 N–H and O–H groups in total. The number of nitrogens with zero attached hydrogens (tertiary/aromatic N) is 1. The number of furan rings is 1. The van der Waals surface area contributed by atoms with Gasteiger partial charge in [-0.2, -0.15) is 0 Å². The van der Waals surface area contributed by atoms with Gasteiger partial charge in [-0.25, -0.2) is 0 Å². The van der Waals surface area contributed by atoms with Crippen molar-refractivity contribution in [3.63, 3.8) is 0 Å². The summed E-state index contributed by atoms with van der Waals surface area (Å²) >= 11 is 0. The Morgan fingerprint density at radius 1 is 0.274 bits per heavy atom. The van der Waals surface area contributed by atoms with Crippen LogP contribution in [0.5, 0.6) is 0 Å². The first-order valence-corrected chi connectivity index (χ1v) is 21.2. The molecular weight excluding hydrogens is 751 g/mol. The first-order valence-electron chi connectivity index (χ1n) is 21.2. The molecule has 0 amide bonds. The van der Waals surface area contributed by atoms with Crippen LogP contribution in [0.15, 0.2) is 253 Å². The summed E-state index contributed by atoms with van der Waals surface area (Å²) < 4.78 is 6.47. The number of rotatable bonds is 9. The first kappa shape index (κ1) is 36.8. The maximum absolute atomic E-state index is 6.47. The molecule has 11 aromatic rings. The molecule has 0 bridgehead atoms. The van der Waals surface area contributed by atoms with Gasteiger partial charge in [0.15, 0.2) is 0 Å². The lowest BCUT2D eigenvalue weighted by atomic mass is 9.84. The van der Waals surface area contributed by atoms with Crippen molar-refractivity contribution in [1.82, 2.24) is 0 Å². The third-order valence-corrected chi connectivity index (χ3v) is 11.9. The maximum atomic E-state index is 6.47. The molecule has 0 radical (unpaired) electrons. The molecule has 0 aliphatic rings. The van der Waals surface area contributed by atoms with Crippen LogP contribution in [-0.2, 0) is 0 Å². The van der Waals surface area contributed by atoms with Crippen LogP contribution >= 0.6 is 0 Å². The minimum absolute atomic E-state index is 0.857. The van der Waals surface area contributed by atoms with Gasteiger partial charge in [0.2, 0.25) is 0 Å². The Balaban J connectivity index is 1.08. The molecule has 2 nitrogen and oxygen atoms in total. The van der Waals surface area contributed by atoms with Crippen LogP contribution in [0.4, 0.5) is 17.1 Å². The predicted molar refractivity (Wildman–Crippen MR) is 261 cm³/mol. The standard InChI is InChI=1S/C60H41NO/c1-4-17-42(18-5-1)43-33-35-44(36-34-43)45-37-39-49(40-38-45)61(56-30-16-32-58-60(56)55-27-12-13-31-57(55)62-58)50-24-14-23-48(41-50)53-29-15-28-52(47-21-8-3-9-22-47)59(53)54-26-11-10-25-51(54)46-19-6-2-7-20-46/h1-41H. The van der Waals surface area contributed by atoms with E-state index in [4.69, 9.17) is 4.42 Å². The van der Waals surface area contributed by atoms with Crippen molar-refractivity contribution in [2.45, 2.75) is 0 Å². The van der Waals surface area contributed by atoms with Crippen molar-refractivity contribution < 1.29 is 4.42 Å². The molecule has 0 saturated carbocycles. The molecule has 0 fully saturated rings. The van der Waals surface area contributed by atoms with Crippen molar-refractivity contribution >= 4 is 39.0 Å². The summed E-state index contributed by atoms with van der Waals surface area (Å²) in [7, 11) is 0. The highest BCUT2D eigenvalue weighted by molar-refractivity contribution is 6.13. The van der Waals surface area contributed by atoms with Gasteiger partial charge in [0.1, 0.15) is 11.2 Å². The molecule has 10 aromatic carbocycles. The third kappa shape index (κ3) is 6.84. The summed E-state index contributed by atoms with van der Waals surface area (Å²) in [5, 5.41) is 2.17. The second-order valence-corrected chi connectivity index (χ2v) is 15.6. The van der Waals surface area contributed by atoms with Crippen molar-refractivity contribution in [1.29, 1.82) is 0 Å². The summed E-state index contributed by atoms with van der Waals surface area (Å²) in [6.07, 6.45) is 0. The number of anilines is 3. The average molecular weight is 792 g/mol. The van der Waals surface area contributed by atoms with Crippen LogP contribution in [0.25, 0.3) is 88.7 Å². The van der Waals surface area contributed by atoms with E-state index in [1.165, 1.54) is 50.1 Å². The van der Waals surface area contributed by atoms with E-state index >= 15 is 0 Å². The van der Waals surface area contributed by atoms with E-state index in [1.807, 2.05) is 6.07 Å². The number of para-hydroxylation sites is 1. The zero-order valence-electron chi connectivity index (χ0n) is 34.0. The van der Waals surface area contributed by atoms with Gasteiger partial charge in [0.25, 0.3) is 0 Å². The van der Waals surface area contributed by atoms with Crippen molar-refractivity contribution in [2.24, 2.45) is 0 Å². The minimum Gasteiger partial charge on any atom is -0.456 e. The molecule has 62 heavy (non-hydrogen) atoms. The van der Waals surface area contributed by atoms with Gasteiger partial charge in [0, 0.05) is 16.8 Å². The molecule has 0 saturated heterocycles. The predicted octanol–water partition coefficient (Wildman–Crippen LogP) is 17.1. The molecule has 0 spiro atoms. The summed E-state index contributed by atoms with van der Waals surface area (Å²) in [6, 6.07) is 89.1. The zero-order valence-corrected chi connectivity index (χ0v) is 34.0. The number of fused-ring (bicyclic) bond motifs is 3. The summed E-state index contributed by atoms with van der Waals surface area (Å²) in [6.45, 7) is 0. The van der Waals surface area contributed by atoms with Gasteiger partial charge in [-0.15, -0.1) is 0 Å². The molecular formula is C60H41NO. The highest BCUT2D eigenvalue weighted by atomic mass is 16.3. The smallest absolute Gasteiger partial charge is 0.137 e. The second kappa shape index (κ2) is 16.1. The Kier molecular flexibility index (Phi) is 9.57. The Hall–Kier alpha value is -8.20. The number of benzene rings is 10. The van der Waals surface area contributed by atoms with Gasteiger partial charge in [0.05, 0.1) is 11.1 Å². The van der Waals surface area contributed by atoms with E-state index in [0.717, 1.165) is 55.7 Å². The largest absolute Gasteiger partial charge is 0.456 e. The second-order valence-electron chi connectivity index (χ2n) is 15.6. The molecule has 1 aromatic heterocycles. The van der Waals surface area contributed by atoms with E-state index in [1.54, 1.807) is 0 Å². The van der Waals surface area contributed by atoms with Crippen molar-refractivity contribution in [3.8, 4) is 66.8 Å². The topological polar surface area (TPSA) is 16.4 Å². The summed E-state index contributed by atoms with van der Waals surface area (Å²) in [5.74, 6) is 0. The van der Waals surface area contributed by atoms with Gasteiger partial charge in [-0.1, -0.05) is 206 Å². The zero-order chi connectivity index (χ0) is 41.2. The summed E-state index contributed by atoms with van der Waals surface area (Å²) in [5.41, 5.74) is 19.1. The SMILES string of the molecule is c1ccc(-c2ccc(-c3ccc(N(c4cccc(-c5cccc(-c6ccccc6)c5-c5ccccc5-c5ccccc5)c4)c4cccc5oc6ccccc6c45)cc3)cc2)cc1. The molecule has 2 heteroatoms. The fraction of sp³-hybridized carbons (Fsp3) is 0. The molecule has 1 heterocycles. The first-order chi connectivity index (χ1) is 30.8. The van der Waals surface area contributed by atoms with E-state index in [-0.39, 0.29) is 0 Å². The molecule has 11 rings (SSSR count). The third-order valence-electron chi connectivity index (χ3n) is 11.9. The Bertz CT molecular complexity index is 3310. The lowest BCUT2D eigenvalue weighted by Gasteiger charge is -2.27. The van der Waals surface area contributed by atoms with Gasteiger partial charge < -0.3 is 9.32 Å². The Morgan fingerprint density at radius 2 is 0.726 bits per heavy atom. The van der Waals surface area contributed by atoms with Gasteiger partial charge in [-0.3, -0.25) is 0 Å². The lowest BCUT2D eigenvalue weighted by molar-refractivity contribution is 0.669. The Morgan fingerprint density at radius 3 is 1.40 bits per heavy atom. The van der Waals surface area contributed by atoms with Crippen molar-refractivity contribution in [3.05, 3.63) is 249 Å². The monoisotopic (exact) mass is 791 g/mol. The Labute approximate surface area is 362 Å². The average Bonchev–Trinajstić information content (AvgIpc) is 3.75. The highest BCUT2D eigenvalue weighted by Gasteiger charge is 2.22. The molecule has 0 aliphatic carbocycles. The van der Waals surface area contributed by atoms with E-state index in [2.05, 4.69) is 248 Å². The fourth-order valence-electron chi connectivity index (χ4n) is 8.98. The van der Waals surface area contributed by atoms with E-state index in [9.17, 15) is 0 Å². The van der Waals surface area contributed by atoms with E-state index < -0.39 is 0 Å². The quantitative estimate of drug-likeness (QED) is 0.145. The normalized spacial score (nSPS) is 11.2. The molecule has 0 atom stereocenters. The van der Waals surface area contributed by atoms with Crippen LogP contribution < -0.4 is 4.90 Å². The van der Waals surface area contributed by atoms with Gasteiger partial charge >= 0.3 is 0 Å². The van der Waals surface area contributed by atoms with Gasteiger partial charge in [-0.05, 0) is 109 Å². The maximum Gasteiger partial charge on any atom is 0.137 e. The number of hydrogen-bond donors (Lipinski definition) is 0. The van der Waals surface area contributed by atoms with Crippen LogP contribution in [0.2, 0.25) is 0 Å². The molecule has 0 unspecified atom stereocenters.